The van der Waals surface area contributed by atoms with Gasteiger partial charge in [0.15, 0.2) is 0 Å². The molecule has 2 atom stereocenters. The number of anilines is 1. The zero-order chi connectivity index (χ0) is 12.3. The van der Waals surface area contributed by atoms with Crippen LogP contribution in [0.5, 0.6) is 0 Å². The number of nitrogens with zero attached hydrogens (tertiary/aromatic N) is 1. The van der Waals surface area contributed by atoms with Gasteiger partial charge in [0.1, 0.15) is 5.82 Å². The molecule has 2 nitrogen and oxygen atoms in total. The molecule has 1 aromatic heterocycles. The molecule has 1 saturated carbocycles. The van der Waals surface area contributed by atoms with E-state index in [1.165, 1.54) is 31.2 Å². The molecule has 1 aliphatic rings. The van der Waals surface area contributed by atoms with Crippen molar-refractivity contribution in [3.8, 4) is 0 Å². The first-order valence-electron chi connectivity index (χ1n) is 6.12. The van der Waals surface area contributed by atoms with Gasteiger partial charge in [0.2, 0.25) is 0 Å². The van der Waals surface area contributed by atoms with Crippen LogP contribution >= 0.6 is 27.7 Å². The van der Waals surface area contributed by atoms with E-state index < -0.39 is 0 Å². The summed E-state index contributed by atoms with van der Waals surface area (Å²) in [5.41, 5.74) is 1.24. The van der Waals surface area contributed by atoms with Gasteiger partial charge in [-0.25, -0.2) is 4.98 Å². The molecule has 0 bridgehead atoms. The van der Waals surface area contributed by atoms with Gasteiger partial charge < -0.3 is 5.32 Å². The maximum atomic E-state index is 4.43. The molecule has 94 valence electrons. The zero-order valence-electron chi connectivity index (χ0n) is 10.4. The summed E-state index contributed by atoms with van der Waals surface area (Å²) < 4.78 is 1.08. The minimum atomic E-state index is 0.576. The fraction of sp³-hybridized carbons (Fsp3) is 0.615. The van der Waals surface area contributed by atoms with Gasteiger partial charge in [-0.1, -0.05) is 12.8 Å². The van der Waals surface area contributed by atoms with Crippen LogP contribution in [0.4, 0.5) is 5.82 Å². The molecule has 2 unspecified atom stereocenters. The molecule has 4 heteroatoms. The molecule has 0 amide bonds. The number of hydrogen-bond acceptors (Lipinski definition) is 3. The highest BCUT2D eigenvalue weighted by atomic mass is 79.9. The summed E-state index contributed by atoms with van der Waals surface area (Å²) in [5, 5.41) is 4.33. The molecule has 17 heavy (non-hydrogen) atoms. The third-order valence-corrected chi connectivity index (χ3v) is 5.39. The van der Waals surface area contributed by atoms with Crippen LogP contribution in [0.1, 0.15) is 31.2 Å². The van der Waals surface area contributed by atoms with Crippen LogP contribution in [-0.4, -0.2) is 22.5 Å². The third-order valence-electron chi connectivity index (χ3n) is 3.39. The lowest BCUT2D eigenvalue weighted by Crippen LogP contribution is -2.34. The van der Waals surface area contributed by atoms with Gasteiger partial charge in [0, 0.05) is 22.0 Å². The highest BCUT2D eigenvalue weighted by Crippen LogP contribution is 2.29. The first-order chi connectivity index (χ1) is 8.20. The van der Waals surface area contributed by atoms with Crippen LogP contribution in [0.15, 0.2) is 16.7 Å². The van der Waals surface area contributed by atoms with Crippen molar-refractivity contribution in [3.63, 3.8) is 0 Å². The van der Waals surface area contributed by atoms with Gasteiger partial charge in [0.25, 0.3) is 0 Å². The SMILES string of the molecule is CSC1CCCCC1Nc1cc(C)c(Br)cn1. The van der Waals surface area contributed by atoms with Crippen LogP contribution in [-0.2, 0) is 0 Å². The lowest BCUT2D eigenvalue weighted by atomic mass is 9.95. The molecule has 0 radical (unpaired) electrons. The van der Waals surface area contributed by atoms with E-state index in [1.807, 2.05) is 18.0 Å². The Bertz CT molecular complexity index is 384. The topological polar surface area (TPSA) is 24.9 Å². The van der Waals surface area contributed by atoms with Gasteiger partial charge in [0.05, 0.1) is 0 Å². The normalized spacial score (nSPS) is 24.6. The Morgan fingerprint density at radius 1 is 1.41 bits per heavy atom. The number of nitrogens with one attached hydrogen (secondary N) is 1. The predicted octanol–water partition coefficient (Wildman–Crippen LogP) is 4.24. The van der Waals surface area contributed by atoms with E-state index in [0.717, 1.165) is 15.5 Å². The molecular formula is C13H19BrN2S. The lowest BCUT2D eigenvalue weighted by Gasteiger charge is -2.31. The molecule has 1 fully saturated rings. The summed E-state index contributed by atoms with van der Waals surface area (Å²) in [6.07, 6.45) is 9.40. The van der Waals surface area contributed by atoms with E-state index in [2.05, 4.69) is 45.5 Å². The summed E-state index contributed by atoms with van der Waals surface area (Å²) in [7, 11) is 0. The second-order valence-corrected chi connectivity index (χ2v) is 6.56. The van der Waals surface area contributed by atoms with Gasteiger partial charge >= 0.3 is 0 Å². The number of aryl methyl sites for hydroxylation is 1. The van der Waals surface area contributed by atoms with Crippen LogP contribution in [0.3, 0.4) is 0 Å². The molecule has 0 spiro atoms. The van der Waals surface area contributed by atoms with Crippen LogP contribution in [0, 0.1) is 6.92 Å². The molecule has 0 aliphatic heterocycles. The number of thioether (sulfide) groups is 1. The van der Waals surface area contributed by atoms with Crippen LogP contribution in [0.2, 0.25) is 0 Å². The van der Waals surface area contributed by atoms with Gasteiger partial charge in [-0.3, -0.25) is 0 Å². The zero-order valence-corrected chi connectivity index (χ0v) is 12.8. The molecular weight excluding hydrogens is 296 g/mol. The second kappa shape index (κ2) is 6.10. The highest BCUT2D eigenvalue weighted by molar-refractivity contribution is 9.10. The fourth-order valence-electron chi connectivity index (χ4n) is 2.35. The van der Waals surface area contributed by atoms with Crippen molar-refractivity contribution in [2.24, 2.45) is 0 Å². The standard InChI is InChI=1S/C13H19BrN2S/c1-9-7-13(15-8-10(9)14)16-11-5-3-4-6-12(11)17-2/h7-8,11-12H,3-6H2,1-2H3,(H,15,16). The van der Waals surface area contributed by atoms with E-state index >= 15 is 0 Å². The van der Waals surface area contributed by atoms with Crippen molar-refractivity contribution in [1.82, 2.24) is 4.98 Å². The maximum Gasteiger partial charge on any atom is 0.126 e. The Morgan fingerprint density at radius 3 is 2.88 bits per heavy atom. The largest absolute Gasteiger partial charge is 0.366 e. The van der Waals surface area contributed by atoms with Crippen molar-refractivity contribution in [2.75, 3.05) is 11.6 Å². The van der Waals surface area contributed by atoms with Crippen molar-refractivity contribution in [1.29, 1.82) is 0 Å². The van der Waals surface area contributed by atoms with Gasteiger partial charge in [-0.05, 0) is 53.6 Å². The first kappa shape index (κ1) is 13.2. The fourth-order valence-corrected chi connectivity index (χ4v) is 3.50. The van der Waals surface area contributed by atoms with E-state index in [0.29, 0.717) is 6.04 Å². The molecule has 1 aliphatic carbocycles. The van der Waals surface area contributed by atoms with Crippen molar-refractivity contribution >= 4 is 33.5 Å². The second-order valence-electron chi connectivity index (χ2n) is 4.63. The quantitative estimate of drug-likeness (QED) is 0.903. The number of hydrogen-bond donors (Lipinski definition) is 1. The lowest BCUT2D eigenvalue weighted by molar-refractivity contribution is 0.474. The Morgan fingerprint density at radius 2 is 2.18 bits per heavy atom. The van der Waals surface area contributed by atoms with E-state index in [4.69, 9.17) is 0 Å². The molecule has 1 N–H and O–H groups in total. The Hall–Kier alpha value is -0.220. The van der Waals surface area contributed by atoms with E-state index in [-0.39, 0.29) is 0 Å². The van der Waals surface area contributed by atoms with Crippen molar-refractivity contribution in [2.45, 2.75) is 43.9 Å². The van der Waals surface area contributed by atoms with E-state index in [1.54, 1.807) is 0 Å². The monoisotopic (exact) mass is 314 g/mol. The Labute approximate surface area is 116 Å². The Balaban J connectivity index is 2.05. The van der Waals surface area contributed by atoms with Gasteiger partial charge in [-0.15, -0.1) is 0 Å². The van der Waals surface area contributed by atoms with Crippen molar-refractivity contribution < 1.29 is 0 Å². The summed E-state index contributed by atoms with van der Waals surface area (Å²) >= 11 is 5.47. The molecule has 1 aromatic rings. The maximum absolute atomic E-state index is 4.43. The van der Waals surface area contributed by atoms with Crippen molar-refractivity contribution in [3.05, 3.63) is 22.3 Å². The smallest absolute Gasteiger partial charge is 0.126 e. The van der Waals surface area contributed by atoms with E-state index in [9.17, 15) is 0 Å². The molecule has 2 rings (SSSR count). The Kier molecular flexibility index (Phi) is 4.74. The summed E-state index contributed by atoms with van der Waals surface area (Å²) in [6.45, 7) is 2.10. The summed E-state index contributed by atoms with van der Waals surface area (Å²) in [4.78, 5) is 4.43. The minimum absolute atomic E-state index is 0.576. The average Bonchev–Trinajstić information content (AvgIpc) is 2.34. The third kappa shape index (κ3) is 3.38. The molecule has 0 aromatic carbocycles. The summed E-state index contributed by atoms with van der Waals surface area (Å²) in [5.74, 6) is 1.01. The van der Waals surface area contributed by atoms with Crippen LogP contribution in [0.25, 0.3) is 0 Å². The predicted molar refractivity (Wildman–Crippen MR) is 79.9 cm³/mol. The number of aromatic nitrogens is 1. The molecule has 1 heterocycles. The van der Waals surface area contributed by atoms with Gasteiger partial charge in [-0.2, -0.15) is 11.8 Å². The average molecular weight is 315 g/mol. The van der Waals surface area contributed by atoms with Crippen LogP contribution < -0.4 is 5.32 Å². The number of halogens is 1. The minimum Gasteiger partial charge on any atom is -0.366 e. The number of pyridine rings is 1. The summed E-state index contributed by atoms with van der Waals surface area (Å²) in [6, 6.07) is 2.70. The highest BCUT2D eigenvalue weighted by Gasteiger charge is 2.24. The first-order valence-corrected chi connectivity index (χ1v) is 8.20. The number of rotatable bonds is 3. The molecule has 0 saturated heterocycles.